The average Bonchev–Trinajstić information content (AvgIpc) is 2.27. The molecule has 1 aliphatic rings. The molecule has 0 radical (unpaired) electrons. The summed E-state index contributed by atoms with van der Waals surface area (Å²) >= 11 is 0. The molecule has 0 aromatic carbocycles. The number of hydrogen-bond donors (Lipinski definition) is 0. The zero-order valence-electron chi connectivity index (χ0n) is 9.75. The number of hydrogen-bond acceptors (Lipinski definition) is 4. The van der Waals surface area contributed by atoms with E-state index >= 15 is 0 Å². The van der Waals surface area contributed by atoms with Crippen LogP contribution in [0.3, 0.4) is 0 Å². The number of rotatable bonds is 3. The molecule has 0 spiro atoms. The summed E-state index contributed by atoms with van der Waals surface area (Å²) < 4.78 is 41.5. The lowest BCUT2D eigenvalue weighted by Crippen LogP contribution is -2.40. The van der Waals surface area contributed by atoms with E-state index in [2.05, 4.69) is 4.74 Å². The molecule has 2 unspecified atom stereocenters. The summed E-state index contributed by atoms with van der Waals surface area (Å²) in [6, 6.07) is 0. The van der Waals surface area contributed by atoms with Gasteiger partial charge in [-0.1, -0.05) is 0 Å². The minimum atomic E-state index is -5.04. The predicted octanol–water partition coefficient (Wildman–Crippen LogP) is 1.67. The molecular weight excluding hydrogens is 253 g/mol. The Kier molecular flexibility index (Phi) is 4.48. The van der Waals surface area contributed by atoms with Crippen molar-refractivity contribution in [3.05, 3.63) is 0 Å². The molecular formula is C11H13F3O4. The van der Waals surface area contributed by atoms with Crippen LogP contribution in [0.25, 0.3) is 0 Å². The van der Waals surface area contributed by atoms with E-state index in [1.54, 1.807) is 6.92 Å². The topological polar surface area (TPSA) is 60.4 Å². The molecule has 1 saturated carbocycles. The normalized spacial score (nSPS) is 24.8. The molecule has 0 aromatic rings. The zero-order valence-corrected chi connectivity index (χ0v) is 9.75. The molecule has 1 fully saturated rings. The van der Waals surface area contributed by atoms with Gasteiger partial charge in [-0.15, -0.1) is 0 Å². The van der Waals surface area contributed by atoms with Gasteiger partial charge in [0, 0.05) is 6.42 Å². The molecule has 1 aliphatic carbocycles. The molecule has 102 valence electrons. The number of Topliss-reactive ketones (excluding diaryl/α,β-unsaturated/α-hetero) is 2. The molecule has 4 nitrogen and oxygen atoms in total. The number of carbonyl (C=O) groups is 3. The van der Waals surface area contributed by atoms with Crippen molar-refractivity contribution in [1.82, 2.24) is 0 Å². The van der Waals surface area contributed by atoms with Crippen molar-refractivity contribution in [3.63, 3.8) is 0 Å². The van der Waals surface area contributed by atoms with Gasteiger partial charge in [-0.25, -0.2) is 0 Å². The van der Waals surface area contributed by atoms with Crippen molar-refractivity contribution >= 4 is 17.5 Å². The van der Waals surface area contributed by atoms with E-state index in [0.29, 0.717) is 0 Å². The van der Waals surface area contributed by atoms with Gasteiger partial charge in [0.2, 0.25) is 5.78 Å². The van der Waals surface area contributed by atoms with Crippen molar-refractivity contribution in [3.8, 4) is 0 Å². The Bertz CT molecular complexity index is 362. The van der Waals surface area contributed by atoms with Crippen molar-refractivity contribution in [2.24, 2.45) is 11.8 Å². The lowest BCUT2D eigenvalue weighted by molar-refractivity contribution is -0.178. The largest absolute Gasteiger partial charge is 0.466 e. The maximum Gasteiger partial charge on any atom is 0.450 e. The Hall–Kier alpha value is -1.40. The van der Waals surface area contributed by atoms with Gasteiger partial charge in [0.25, 0.3) is 0 Å². The van der Waals surface area contributed by atoms with Gasteiger partial charge < -0.3 is 4.74 Å². The maximum absolute atomic E-state index is 12.3. The summed E-state index contributed by atoms with van der Waals surface area (Å²) in [6.07, 6.45) is -5.51. The smallest absolute Gasteiger partial charge is 0.450 e. The van der Waals surface area contributed by atoms with Crippen LogP contribution in [0.4, 0.5) is 13.2 Å². The van der Waals surface area contributed by atoms with E-state index in [-0.39, 0.29) is 19.4 Å². The Labute approximate surface area is 101 Å². The average molecular weight is 266 g/mol. The van der Waals surface area contributed by atoms with E-state index in [1.807, 2.05) is 0 Å². The SMILES string of the molecule is CCOC(=O)C1CCC(=O)C(C(=O)C(F)(F)F)C1. The van der Waals surface area contributed by atoms with Gasteiger partial charge in [0.15, 0.2) is 0 Å². The number of alkyl halides is 3. The van der Waals surface area contributed by atoms with Crippen LogP contribution in [-0.2, 0) is 19.1 Å². The van der Waals surface area contributed by atoms with Gasteiger partial charge in [-0.2, -0.15) is 13.2 Å². The highest BCUT2D eigenvalue weighted by Crippen LogP contribution is 2.32. The standard InChI is InChI=1S/C11H13F3O4/c1-2-18-10(17)6-3-4-8(15)7(5-6)9(16)11(12,13)14/h6-7H,2-5H2,1H3. The van der Waals surface area contributed by atoms with Crippen LogP contribution in [0.5, 0.6) is 0 Å². The molecule has 2 atom stereocenters. The van der Waals surface area contributed by atoms with Crippen molar-refractivity contribution in [2.75, 3.05) is 6.61 Å². The first-order chi connectivity index (χ1) is 8.27. The van der Waals surface area contributed by atoms with Crippen LogP contribution in [-0.4, -0.2) is 30.3 Å². The predicted molar refractivity (Wildman–Crippen MR) is 53.5 cm³/mol. The van der Waals surface area contributed by atoms with Gasteiger partial charge in [0.1, 0.15) is 5.78 Å². The summed E-state index contributed by atoms with van der Waals surface area (Å²) in [7, 11) is 0. The van der Waals surface area contributed by atoms with Crippen molar-refractivity contribution < 1.29 is 32.3 Å². The van der Waals surface area contributed by atoms with E-state index < -0.39 is 42.0 Å². The molecule has 0 saturated heterocycles. The van der Waals surface area contributed by atoms with E-state index in [1.165, 1.54) is 0 Å². The van der Waals surface area contributed by atoms with E-state index in [4.69, 9.17) is 0 Å². The highest BCUT2D eigenvalue weighted by atomic mass is 19.4. The molecule has 0 bridgehead atoms. The monoisotopic (exact) mass is 266 g/mol. The van der Waals surface area contributed by atoms with Crippen LogP contribution >= 0.6 is 0 Å². The number of carbonyl (C=O) groups excluding carboxylic acids is 3. The van der Waals surface area contributed by atoms with E-state index in [9.17, 15) is 27.6 Å². The molecule has 0 heterocycles. The molecule has 0 aromatic heterocycles. The lowest BCUT2D eigenvalue weighted by Gasteiger charge is -2.26. The molecule has 0 aliphatic heterocycles. The Balaban J connectivity index is 2.76. The fourth-order valence-electron chi connectivity index (χ4n) is 1.95. The maximum atomic E-state index is 12.3. The number of esters is 1. The van der Waals surface area contributed by atoms with Crippen molar-refractivity contribution in [2.45, 2.75) is 32.4 Å². The Morgan fingerprint density at radius 1 is 1.39 bits per heavy atom. The Morgan fingerprint density at radius 2 is 2.00 bits per heavy atom. The minimum absolute atomic E-state index is 0.112. The van der Waals surface area contributed by atoms with Gasteiger partial charge in [0.05, 0.1) is 18.4 Å². The summed E-state index contributed by atoms with van der Waals surface area (Å²) in [6.45, 7) is 1.69. The van der Waals surface area contributed by atoms with E-state index in [0.717, 1.165) is 0 Å². The molecule has 0 amide bonds. The van der Waals surface area contributed by atoms with Gasteiger partial charge >= 0.3 is 12.1 Å². The third-order valence-electron chi connectivity index (χ3n) is 2.86. The summed E-state index contributed by atoms with van der Waals surface area (Å²) in [5.41, 5.74) is 0. The van der Waals surface area contributed by atoms with Crippen LogP contribution in [0.2, 0.25) is 0 Å². The number of ether oxygens (including phenoxy) is 1. The third kappa shape index (κ3) is 3.30. The molecule has 7 heteroatoms. The summed E-state index contributed by atoms with van der Waals surface area (Å²) in [5, 5.41) is 0. The fraction of sp³-hybridized carbons (Fsp3) is 0.727. The number of halogens is 3. The van der Waals surface area contributed by atoms with Gasteiger partial charge in [-0.3, -0.25) is 14.4 Å². The lowest BCUT2D eigenvalue weighted by atomic mass is 9.78. The first kappa shape index (κ1) is 14.7. The second-order valence-corrected chi connectivity index (χ2v) is 4.10. The zero-order chi connectivity index (χ0) is 13.9. The van der Waals surface area contributed by atoms with Crippen molar-refractivity contribution in [1.29, 1.82) is 0 Å². The first-order valence-corrected chi connectivity index (χ1v) is 5.57. The highest BCUT2D eigenvalue weighted by Gasteiger charge is 2.48. The summed E-state index contributed by atoms with van der Waals surface area (Å²) in [4.78, 5) is 33.8. The Morgan fingerprint density at radius 3 is 2.50 bits per heavy atom. The van der Waals surface area contributed by atoms with Crippen LogP contribution < -0.4 is 0 Å². The minimum Gasteiger partial charge on any atom is -0.466 e. The molecule has 18 heavy (non-hydrogen) atoms. The van der Waals surface area contributed by atoms with Crippen LogP contribution in [0.15, 0.2) is 0 Å². The first-order valence-electron chi connectivity index (χ1n) is 5.57. The van der Waals surface area contributed by atoms with Gasteiger partial charge in [-0.05, 0) is 19.8 Å². The number of ketones is 2. The molecule has 0 N–H and O–H groups in total. The second kappa shape index (κ2) is 5.49. The molecule has 1 rings (SSSR count). The summed E-state index contributed by atoms with van der Waals surface area (Å²) in [5.74, 6) is -6.03. The third-order valence-corrected chi connectivity index (χ3v) is 2.86. The van der Waals surface area contributed by atoms with Crippen LogP contribution in [0.1, 0.15) is 26.2 Å². The fourth-order valence-corrected chi connectivity index (χ4v) is 1.95. The quantitative estimate of drug-likeness (QED) is 0.576. The second-order valence-electron chi connectivity index (χ2n) is 4.10. The van der Waals surface area contributed by atoms with Crippen LogP contribution in [0, 0.1) is 11.8 Å². The highest BCUT2D eigenvalue weighted by molar-refractivity contribution is 6.05.